The van der Waals surface area contributed by atoms with Crippen molar-refractivity contribution in [3.05, 3.63) is 37.8 Å². The average molecular weight is 243 g/mol. The number of fused-ring (bicyclic) bond motifs is 1. The molecule has 5 heteroatoms. The largest absolute Gasteiger partial charge is 0.309 e. The van der Waals surface area contributed by atoms with Crippen molar-refractivity contribution in [3.8, 4) is 0 Å². The molecule has 1 aliphatic heterocycles. The van der Waals surface area contributed by atoms with E-state index in [4.69, 9.17) is 0 Å². The van der Waals surface area contributed by atoms with Crippen LogP contribution in [0.2, 0.25) is 0 Å². The summed E-state index contributed by atoms with van der Waals surface area (Å²) >= 11 is 3.18. The van der Waals surface area contributed by atoms with Crippen LogP contribution in [0.1, 0.15) is 11.1 Å². The number of benzene rings is 1. The molecule has 0 atom stereocenters. The average Bonchev–Trinajstić information content (AvgIpc) is 2.48. The number of hydrogen-bond donors (Lipinski definition) is 1. The second-order valence-electron chi connectivity index (χ2n) is 2.93. The van der Waals surface area contributed by atoms with E-state index in [1.54, 1.807) is 6.07 Å². The number of hydrogen-bond acceptors (Lipinski definition) is 3. The van der Waals surface area contributed by atoms with Gasteiger partial charge in [0, 0.05) is 19.2 Å². The number of nitrogens with zero attached hydrogens (tertiary/aromatic N) is 1. The van der Waals surface area contributed by atoms with Crippen molar-refractivity contribution in [1.29, 1.82) is 0 Å². The lowest BCUT2D eigenvalue weighted by molar-refractivity contribution is -0.385. The Balaban J connectivity index is 2.55. The molecule has 0 amide bonds. The SMILES string of the molecule is O=[N+]([O-])c1cc2c(cc1Br)CNC2. The van der Waals surface area contributed by atoms with Crippen molar-refractivity contribution in [3.63, 3.8) is 0 Å². The monoisotopic (exact) mass is 242 g/mol. The van der Waals surface area contributed by atoms with Crippen molar-refractivity contribution in [1.82, 2.24) is 5.32 Å². The van der Waals surface area contributed by atoms with E-state index < -0.39 is 0 Å². The first-order chi connectivity index (χ1) is 6.18. The minimum atomic E-state index is -0.372. The summed E-state index contributed by atoms with van der Waals surface area (Å²) < 4.78 is 0.556. The molecular formula is C8H7BrN2O2. The molecule has 0 radical (unpaired) electrons. The van der Waals surface area contributed by atoms with Gasteiger partial charge >= 0.3 is 0 Å². The predicted molar refractivity (Wildman–Crippen MR) is 51.3 cm³/mol. The zero-order valence-electron chi connectivity index (χ0n) is 6.71. The van der Waals surface area contributed by atoms with Crippen molar-refractivity contribution in [2.45, 2.75) is 13.1 Å². The molecule has 0 aromatic heterocycles. The summed E-state index contributed by atoms with van der Waals surface area (Å²) in [5.41, 5.74) is 2.30. The fourth-order valence-corrected chi connectivity index (χ4v) is 1.98. The standard InChI is InChI=1S/C8H7BrN2O2/c9-7-1-5-3-10-4-6(5)2-8(7)11(12)13/h1-2,10H,3-4H2. The Bertz CT molecular complexity index is 379. The smallest absolute Gasteiger partial charge is 0.283 e. The van der Waals surface area contributed by atoms with Gasteiger partial charge in [-0.15, -0.1) is 0 Å². The van der Waals surface area contributed by atoms with E-state index in [1.165, 1.54) is 0 Å². The van der Waals surface area contributed by atoms with Crippen molar-refractivity contribution in [2.24, 2.45) is 0 Å². The van der Waals surface area contributed by atoms with Crippen molar-refractivity contribution >= 4 is 21.6 Å². The normalized spacial score (nSPS) is 14.2. The Morgan fingerprint density at radius 1 is 1.38 bits per heavy atom. The van der Waals surface area contributed by atoms with Gasteiger partial charge in [-0.1, -0.05) is 0 Å². The third-order valence-corrected chi connectivity index (χ3v) is 2.73. The maximum absolute atomic E-state index is 10.6. The molecule has 1 N–H and O–H groups in total. The molecular weight excluding hydrogens is 236 g/mol. The highest BCUT2D eigenvalue weighted by Crippen LogP contribution is 2.30. The quantitative estimate of drug-likeness (QED) is 0.605. The van der Waals surface area contributed by atoms with Gasteiger partial charge in [0.15, 0.2) is 0 Å². The van der Waals surface area contributed by atoms with Crippen molar-refractivity contribution in [2.75, 3.05) is 0 Å². The van der Waals surface area contributed by atoms with Gasteiger partial charge in [0.1, 0.15) is 0 Å². The highest BCUT2D eigenvalue weighted by molar-refractivity contribution is 9.10. The molecule has 68 valence electrons. The molecule has 0 fully saturated rings. The van der Waals surface area contributed by atoms with E-state index in [0.29, 0.717) is 4.47 Å². The number of rotatable bonds is 1. The Morgan fingerprint density at radius 3 is 2.62 bits per heavy atom. The van der Waals surface area contributed by atoms with Crippen LogP contribution in [-0.4, -0.2) is 4.92 Å². The van der Waals surface area contributed by atoms with Gasteiger partial charge in [0.25, 0.3) is 5.69 Å². The summed E-state index contributed by atoms with van der Waals surface area (Å²) in [5, 5.41) is 13.7. The molecule has 0 saturated carbocycles. The van der Waals surface area contributed by atoms with E-state index in [2.05, 4.69) is 21.2 Å². The maximum Gasteiger partial charge on any atom is 0.283 e. The lowest BCUT2D eigenvalue weighted by atomic mass is 10.1. The first kappa shape index (κ1) is 8.65. The third-order valence-electron chi connectivity index (χ3n) is 2.10. The third kappa shape index (κ3) is 1.45. The number of nitro groups is 1. The summed E-state index contributed by atoms with van der Waals surface area (Å²) in [7, 11) is 0. The molecule has 1 aromatic rings. The van der Waals surface area contributed by atoms with Gasteiger partial charge in [-0.3, -0.25) is 10.1 Å². The van der Waals surface area contributed by atoms with Crippen LogP contribution in [0.5, 0.6) is 0 Å². The van der Waals surface area contributed by atoms with Crippen LogP contribution in [0.15, 0.2) is 16.6 Å². The minimum absolute atomic E-state index is 0.141. The molecule has 0 spiro atoms. The van der Waals surface area contributed by atoms with Crippen LogP contribution < -0.4 is 5.32 Å². The van der Waals surface area contributed by atoms with E-state index in [1.807, 2.05) is 6.07 Å². The summed E-state index contributed by atoms with van der Waals surface area (Å²) in [4.78, 5) is 10.2. The van der Waals surface area contributed by atoms with Gasteiger partial charge < -0.3 is 5.32 Å². The van der Waals surface area contributed by atoms with E-state index in [9.17, 15) is 10.1 Å². The lowest BCUT2D eigenvalue weighted by Crippen LogP contribution is -1.99. The fraction of sp³-hybridized carbons (Fsp3) is 0.250. The first-order valence-electron chi connectivity index (χ1n) is 3.85. The second-order valence-corrected chi connectivity index (χ2v) is 3.79. The maximum atomic E-state index is 10.6. The van der Waals surface area contributed by atoms with Gasteiger partial charge in [-0.05, 0) is 33.1 Å². The molecule has 13 heavy (non-hydrogen) atoms. The van der Waals surface area contributed by atoms with Gasteiger partial charge in [-0.25, -0.2) is 0 Å². The minimum Gasteiger partial charge on any atom is -0.309 e. The molecule has 1 heterocycles. The molecule has 0 unspecified atom stereocenters. The summed E-state index contributed by atoms with van der Waals surface area (Å²) in [5.74, 6) is 0. The van der Waals surface area contributed by atoms with Gasteiger partial charge in [0.05, 0.1) is 9.40 Å². The molecule has 0 bridgehead atoms. The first-order valence-corrected chi connectivity index (χ1v) is 4.64. The Hall–Kier alpha value is -0.940. The van der Waals surface area contributed by atoms with E-state index in [-0.39, 0.29) is 10.6 Å². The summed E-state index contributed by atoms with van der Waals surface area (Å²) in [6, 6.07) is 3.44. The van der Waals surface area contributed by atoms with Gasteiger partial charge in [-0.2, -0.15) is 0 Å². The molecule has 1 aliphatic rings. The van der Waals surface area contributed by atoms with Crippen LogP contribution in [-0.2, 0) is 13.1 Å². The van der Waals surface area contributed by atoms with Crippen LogP contribution in [0, 0.1) is 10.1 Å². The summed E-state index contributed by atoms with van der Waals surface area (Å²) in [6.07, 6.45) is 0. The van der Waals surface area contributed by atoms with Crippen LogP contribution in [0.4, 0.5) is 5.69 Å². The lowest BCUT2D eigenvalue weighted by Gasteiger charge is -1.99. The van der Waals surface area contributed by atoms with Gasteiger partial charge in [0.2, 0.25) is 0 Å². The van der Waals surface area contributed by atoms with Crippen LogP contribution >= 0.6 is 15.9 Å². The topological polar surface area (TPSA) is 55.2 Å². The fourth-order valence-electron chi connectivity index (χ4n) is 1.45. The van der Waals surface area contributed by atoms with E-state index >= 15 is 0 Å². The highest BCUT2D eigenvalue weighted by Gasteiger charge is 2.18. The highest BCUT2D eigenvalue weighted by atomic mass is 79.9. The Morgan fingerprint density at radius 2 is 2.00 bits per heavy atom. The number of nitrogens with one attached hydrogen (secondary N) is 1. The molecule has 0 aliphatic carbocycles. The number of halogens is 1. The molecule has 2 rings (SSSR count). The predicted octanol–water partition coefficient (Wildman–Crippen LogP) is 1.96. The zero-order chi connectivity index (χ0) is 9.42. The molecule has 1 aromatic carbocycles. The second kappa shape index (κ2) is 3.08. The molecule has 0 saturated heterocycles. The number of nitro benzene ring substituents is 1. The van der Waals surface area contributed by atoms with Crippen LogP contribution in [0.25, 0.3) is 0 Å². The zero-order valence-corrected chi connectivity index (χ0v) is 8.30. The van der Waals surface area contributed by atoms with Crippen molar-refractivity contribution < 1.29 is 4.92 Å². The van der Waals surface area contributed by atoms with E-state index in [0.717, 1.165) is 24.2 Å². The van der Waals surface area contributed by atoms with Crippen LogP contribution in [0.3, 0.4) is 0 Å². The Kier molecular flexibility index (Phi) is 2.05. The molecule has 4 nitrogen and oxygen atoms in total. The Labute approximate surface area is 83.2 Å². The summed E-state index contributed by atoms with van der Waals surface area (Å²) in [6.45, 7) is 1.52.